The number of guanidine groups is 1. The summed E-state index contributed by atoms with van der Waals surface area (Å²) >= 11 is 0. The Bertz CT molecular complexity index is 469. The molecule has 4 nitrogen and oxygen atoms in total. The Morgan fingerprint density at radius 1 is 1.08 bits per heavy atom. The van der Waals surface area contributed by atoms with E-state index < -0.39 is 10.8 Å². The van der Waals surface area contributed by atoms with Gasteiger partial charge in [0.2, 0.25) is 0 Å². The minimum absolute atomic E-state index is 0. The van der Waals surface area contributed by atoms with E-state index in [1.165, 1.54) is 19.3 Å². The van der Waals surface area contributed by atoms with Gasteiger partial charge in [-0.05, 0) is 18.9 Å². The van der Waals surface area contributed by atoms with Crippen LogP contribution in [0, 0.1) is 0 Å². The third-order valence-electron chi connectivity index (χ3n) is 3.42. The molecule has 1 aromatic rings. The summed E-state index contributed by atoms with van der Waals surface area (Å²) in [5.41, 5.74) is 1.13. The molecule has 1 rings (SSSR count). The van der Waals surface area contributed by atoms with E-state index >= 15 is 0 Å². The van der Waals surface area contributed by atoms with Gasteiger partial charge in [-0.15, -0.1) is 24.0 Å². The van der Waals surface area contributed by atoms with Gasteiger partial charge in [0.15, 0.2) is 5.96 Å². The summed E-state index contributed by atoms with van der Waals surface area (Å²) < 4.78 is 12.1. The lowest BCUT2D eigenvalue weighted by molar-refractivity contribution is 0.670. The summed E-state index contributed by atoms with van der Waals surface area (Å²) in [5, 5.41) is 6.51. The highest BCUT2D eigenvalue weighted by atomic mass is 127. The number of hydrogen-bond acceptors (Lipinski definition) is 2. The van der Waals surface area contributed by atoms with Crippen LogP contribution in [0.1, 0.15) is 45.1 Å². The first-order valence-corrected chi connectivity index (χ1v) is 10.2. The van der Waals surface area contributed by atoms with Crippen molar-refractivity contribution in [2.24, 2.45) is 4.99 Å². The van der Waals surface area contributed by atoms with Gasteiger partial charge in [-0.25, -0.2) is 0 Å². The lowest BCUT2D eigenvalue weighted by atomic mass is 10.2. The molecule has 2 N–H and O–H groups in total. The number of nitrogens with one attached hydrogen (secondary N) is 2. The number of nitrogens with zero attached hydrogens (tertiary/aromatic N) is 1. The Morgan fingerprint density at radius 3 is 2.50 bits per heavy atom. The maximum absolute atomic E-state index is 12.1. The standard InChI is InChI=1S/C18H31N3OS.HI/c1-3-5-6-10-13-20-18(19-4-2)21-14-15-23(22)16-17-11-8-7-9-12-17;/h7-9,11-12H,3-6,10,13-16H2,1-2H3,(H2,19,20,21);1H. The molecule has 0 heterocycles. The summed E-state index contributed by atoms with van der Waals surface area (Å²) in [4.78, 5) is 4.56. The van der Waals surface area contributed by atoms with E-state index in [0.717, 1.165) is 31.0 Å². The highest BCUT2D eigenvalue weighted by Gasteiger charge is 2.03. The summed E-state index contributed by atoms with van der Waals surface area (Å²) in [5.74, 6) is 2.09. The first-order valence-electron chi connectivity index (χ1n) is 8.67. The maximum atomic E-state index is 12.1. The van der Waals surface area contributed by atoms with Crippen LogP contribution in [0.4, 0.5) is 0 Å². The molecule has 1 unspecified atom stereocenters. The number of benzene rings is 1. The second kappa shape index (κ2) is 15.9. The van der Waals surface area contributed by atoms with Crippen molar-refractivity contribution < 1.29 is 4.21 Å². The van der Waals surface area contributed by atoms with Gasteiger partial charge in [-0.2, -0.15) is 0 Å². The number of hydrogen-bond donors (Lipinski definition) is 2. The average Bonchev–Trinajstić information content (AvgIpc) is 2.55. The molecule has 0 fully saturated rings. The average molecular weight is 465 g/mol. The predicted octanol–water partition coefficient (Wildman–Crippen LogP) is 3.69. The van der Waals surface area contributed by atoms with E-state index in [9.17, 15) is 4.21 Å². The van der Waals surface area contributed by atoms with E-state index in [2.05, 4.69) is 29.5 Å². The van der Waals surface area contributed by atoms with E-state index in [1.807, 2.05) is 30.3 Å². The van der Waals surface area contributed by atoms with Gasteiger partial charge in [0.1, 0.15) is 0 Å². The smallest absolute Gasteiger partial charge is 0.191 e. The molecular formula is C18H32IN3OS. The van der Waals surface area contributed by atoms with E-state index in [0.29, 0.717) is 18.1 Å². The Kier molecular flexibility index (Phi) is 15.5. The molecule has 0 radical (unpaired) electrons. The molecule has 138 valence electrons. The predicted molar refractivity (Wildman–Crippen MR) is 117 cm³/mol. The zero-order chi connectivity index (χ0) is 16.8. The van der Waals surface area contributed by atoms with Crippen LogP contribution in [0.5, 0.6) is 0 Å². The van der Waals surface area contributed by atoms with E-state index in [1.54, 1.807) is 0 Å². The summed E-state index contributed by atoms with van der Waals surface area (Å²) in [7, 11) is -0.847. The molecular weight excluding hydrogens is 433 g/mol. The Hall–Kier alpha value is -0.630. The fourth-order valence-electron chi connectivity index (χ4n) is 2.19. The molecule has 24 heavy (non-hydrogen) atoms. The van der Waals surface area contributed by atoms with Crippen LogP contribution in [0.2, 0.25) is 0 Å². The fourth-order valence-corrected chi connectivity index (χ4v) is 3.23. The zero-order valence-corrected chi connectivity index (χ0v) is 18.1. The van der Waals surface area contributed by atoms with Crippen LogP contribution >= 0.6 is 24.0 Å². The van der Waals surface area contributed by atoms with Gasteiger partial charge in [0.05, 0.1) is 0 Å². The van der Waals surface area contributed by atoms with Crippen molar-refractivity contribution in [2.75, 3.05) is 25.4 Å². The van der Waals surface area contributed by atoms with E-state index in [-0.39, 0.29) is 24.0 Å². The molecule has 6 heteroatoms. The largest absolute Gasteiger partial charge is 0.357 e. The molecule has 0 saturated carbocycles. The van der Waals surface area contributed by atoms with E-state index in [4.69, 9.17) is 0 Å². The van der Waals surface area contributed by atoms with Crippen molar-refractivity contribution in [3.63, 3.8) is 0 Å². The van der Waals surface area contributed by atoms with Crippen molar-refractivity contribution >= 4 is 40.7 Å². The quantitative estimate of drug-likeness (QED) is 0.227. The number of aliphatic imine (C=N–C) groups is 1. The van der Waals surface area contributed by atoms with Gasteiger partial charge in [-0.1, -0.05) is 56.5 Å². The highest BCUT2D eigenvalue weighted by molar-refractivity contribution is 14.0. The lowest BCUT2D eigenvalue weighted by Crippen LogP contribution is -2.39. The SMILES string of the molecule is CCCCCCN=C(NCC)NCCS(=O)Cc1ccccc1.I. The number of unbranched alkanes of at least 4 members (excludes halogenated alkanes) is 3. The van der Waals surface area contributed by atoms with Crippen molar-refractivity contribution in [1.29, 1.82) is 0 Å². The molecule has 0 saturated heterocycles. The van der Waals surface area contributed by atoms with Gasteiger partial charge < -0.3 is 10.6 Å². The minimum atomic E-state index is -0.847. The van der Waals surface area contributed by atoms with Gasteiger partial charge in [0, 0.05) is 41.9 Å². The van der Waals surface area contributed by atoms with Gasteiger partial charge in [0.25, 0.3) is 0 Å². The van der Waals surface area contributed by atoms with Crippen LogP contribution in [0.15, 0.2) is 35.3 Å². The maximum Gasteiger partial charge on any atom is 0.191 e. The molecule has 0 bridgehead atoms. The van der Waals surface area contributed by atoms with Crippen LogP contribution in [0.3, 0.4) is 0 Å². The van der Waals surface area contributed by atoms with Crippen LogP contribution in [-0.2, 0) is 16.6 Å². The molecule has 0 amide bonds. The zero-order valence-electron chi connectivity index (χ0n) is 14.9. The van der Waals surface area contributed by atoms with Crippen molar-refractivity contribution in [3.05, 3.63) is 35.9 Å². The molecule has 1 atom stereocenters. The molecule has 0 aliphatic heterocycles. The number of rotatable bonds is 11. The lowest BCUT2D eigenvalue weighted by Gasteiger charge is -2.11. The molecule has 0 aliphatic carbocycles. The molecule has 1 aromatic carbocycles. The number of halogens is 1. The third kappa shape index (κ3) is 11.8. The highest BCUT2D eigenvalue weighted by Crippen LogP contribution is 2.02. The van der Waals surface area contributed by atoms with Gasteiger partial charge in [-0.3, -0.25) is 9.20 Å². The fraction of sp³-hybridized carbons (Fsp3) is 0.611. The summed E-state index contributed by atoms with van der Waals surface area (Å²) in [6.07, 6.45) is 4.89. The Labute approximate surface area is 166 Å². The van der Waals surface area contributed by atoms with Crippen molar-refractivity contribution in [2.45, 2.75) is 45.3 Å². The molecule has 0 aromatic heterocycles. The monoisotopic (exact) mass is 465 g/mol. The second-order valence-corrected chi connectivity index (χ2v) is 7.10. The molecule has 0 spiro atoms. The minimum Gasteiger partial charge on any atom is -0.357 e. The van der Waals surface area contributed by atoms with Gasteiger partial charge >= 0.3 is 0 Å². The topological polar surface area (TPSA) is 53.5 Å². The first-order chi connectivity index (χ1) is 11.3. The van der Waals surface area contributed by atoms with Crippen molar-refractivity contribution in [1.82, 2.24) is 10.6 Å². The third-order valence-corrected chi connectivity index (χ3v) is 4.73. The normalized spacial score (nSPS) is 12.3. The molecule has 0 aliphatic rings. The summed E-state index contributed by atoms with van der Waals surface area (Å²) in [6, 6.07) is 9.99. The second-order valence-electron chi connectivity index (χ2n) is 5.52. The van der Waals surface area contributed by atoms with Crippen LogP contribution in [0.25, 0.3) is 0 Å². The first kappa shape index (κ1) is 23.4. The van der Waals surface area contributed by atoms with Crippen LogP contribution in [-0.4, -0.2) is 35.6 Å². The Balaban J connectivity index is 0.00000529. The Morgan fingerprint density at radius 2 is 1.83 bits per heavy atom. The summed E-state index contributed by atoms with van der Waals surface area (Å²) in [6.45, 7) is 6.64. The van der Waals surface area contributed by atoms with Crippen LogP contribution < -0.4 is 10.6 Å². The van der Waals surface area contributed by atoms with Crippen molar-refractivity contribution in [3.8, 4) is 0 Å².